The lowest BCUT2D eigenvalue weighted by molar-refractivity contribution is -0.110. The lowest BCUT2D eigenvalue weighted by Gasteiger charge is -2.13. The molecule has 0 saturated heterocycles. The lowest BCUT2D eigenvalue weighted by Crippen LogP contribution is -2.21. The standard InChI is InChI=1S/C26H25N5O3/c1-15(23-19-14-17(26(34)31(2)3)10-13-21(19)29-25(23)33)28-18-11-8-16(9-12-18)24(32)30-22-7-5-4-6-20(22)27/h4-14,28H,27H2,1-3H3,(H,29,33)(H,30,32). The highest BCUT2D eigenvalue weighted by Gasteiger charge is 2.27. The maximum absolute atomic E-state index is 12.7. The van der Waals surface area contributed by atoms with Crippen molar-refractivity contribution in [3.05, 3.63) is 89.1 Å². The second kappa shape index (κ2) is 9.11. The quantitative estimate of drug-likeness (QED) is 0.343. The number of hydrogen-bond donors (Lipinski definition) is 4. The van der Waals surface area contributed by atoms with E-state index in [0.29, 0.717) is 50.7 Å². The van der Waals surface area contributed by atoms with E-state index in [2.05, 4.69) is 16.0 Å². The minimum Gasteiger partial charge on any atom is -0.397 e. The molecule has 3 aromatic rings. The Balaban J connectivity index is 1.54. The number of nitrogens with two attached hydrogens (primary N) is 1. The summed E-state index contributed by atoms with van der Waals surface area (Å²) in [6.07, 6.45) is 0. The van der Waals surface area contributed by atoms with Crippen LogP contribution < -0.4 is 21.7 Å². The molecule has 3 amide bonds. The molecule has 5 N–H and O–H groups in total. The van der Waals surface area contributed by atoms with E-state index in [-0.39, 0.29) is 17.7 Å². The van der Waals surface area contributed by atoms with E-state index in [1.54, 1.807) is 87.7 Å². The molecule has 0 spiro atoms. The van der Waals surface area contributed by atoms with Gasteiger partial charge in [0.05, 0.1) is 16.9 Å². The van der Waals surface area contributed by atoms with Crippen molar-refractivity contribution in [2.75, 3.05) is 35.8 Å². The number of rotatable bonds is 5. The summed E-state index contributed by atoms with van der Waals surface area (Å²) in [6, 6.07) is 19.1. The Morgan fingerprint density at radius 2 is 1.59 bits per heavy atom. The molecule has 0 bridgehead atoms. The molecule has 1 aliphatic heterocycles. The average Bonchev–Trinajstić information content (AvgIpc) is 3.15. The first-order chi connectivity index (χ1) is 16.2. The Morgan fingerprint density at radius 1 is 0.912 bits per heavy atom. The summed E-state index contributed by atoms with van der Waals surface area (Å²) in [5.74, 6) is -0.661. The molecule has 34 heavy (non-hydrogen) atoms. The maximum Gasteiger partial charge on any atom is 0.258 e. The fourth-order valence-electron chi connectivity index (χ4n) is 3.72. The molecule has 0 fully saturated rings. The maximum atomic E-state index is 12.7. The molecule has 3 aromatic carbocycles. The molecule has 0 aliphatic carbocycles. The molecular weight excluding hydrogens is 430 g/mol. The zero-order chi connectivity index (χ0) is 24.4. The zero-order valence-electron chi connectivity index (χ0n) is 19.1. The molecule has 172 valence electrons. The minimum absolute atomic E-state index is 0.141. The van der Waals surface area contributed by atoms with Crippen LogP contribution in [0.5, 0.6) is 0 Å². The van der Waals surface area contributed by atoms with Crippen molar-refractivity contribution in [3.8, 4) is 0 Å². The Kier molecular flexibility index (Phi) is 6.05. The van der Waals surface area contributed by atoms with Gasteiger partial charge in [-0.15, -0.1) is 0 Å². The number of hydrogen-bond acceptors (Lipinski definition) is 5. The van der Waals surface area contributed by atoms with E-state index in [1.807, 2.05) is 0 Å². The Labute approximate surface area is 197 Å². The van der Waals surface area contributed by atoms with E-state index in [0.717, 1.165) is 0 Å². The smallest absolute Gasteiger partial charge is 0.258 e. The highest BCUT2D eigenvalue weighted by atomic mass is 16.2. The lowest BCUT2D eigenvalue weighted by atomic mass is 10.0. The summed E-state index contributed by atoms with van der Waals surface area (Å²) in [4.78, 5) is 39.1. The Hall–Kier alpha value is -4.59. The second-order valence-electron chi connectivity index (χ2n) is 8.16. The van der Waals surface area contributed by atoms with Gasteiger partial charge in [-0.3, -0.25) is 14.4 Å². The van der Waals surface area contributed by atoms with Gasteiger partial charge < -0.3 is 26.6 Å². The topological polar surface area (TPSA) is 117 Å². The summed E-state index contributed by atoms with van der Waals surface area (Å²) < 4.78 is 0. The molecule has 0 radical (unpaired) electrons. The largest absolute Gasteiger partial charge is 0.397 e. The number of benzene rings is 3. The third kappa shape index (κ3) is 4.47. The predicted octanol–water partition coefficient (Wildman–Crippen LogP) is 4.02. The van der Waals surface area contributed by atoms with Crippen LogP contribution in [-0.4, -0.2) is 36.7 Å². The molecule has 8 nitrogen and oxygen atoms in total. The fraction of sp³-hybridized carbons (Fsp3) is 0.115. The minimum atomic E-state index is -0.276. The Morgan fingerprint density at radius 3 is 2.26 bits per heavy atom. The van der Waals surface area contributed by atoms with Gasteiger partial charge in [0.2, 0.25) is 0 Å². The van der Waals surface area contributed by atoms with Crippen LogP contribution in [0.25, 0.3) is 5.57 Å². The molecule has 0 unspecified atom stereocenters. The van der Waals surface area contributed by atoms with Crippen molar-refractivity contribution >= 4 is 46.0 Å². The monoisotopic (exact) mass is 455 g/mol. The van der Waals surface area contributed by atoms with Crippen LogP contribution in [0.4, 0.5) is 22.7 Å². The van der Waals surface area contributed by atoms with Crippen LogP contribution in [0.1, 0.15) is 33.2 Å². The summed E-state index contributed by atoms with van der Waals surface area (Å²) in [5.41, 5.74) is 11.0. The molecule has 1 aliphatic rings. The first-order valence-corrected chi connectivity index (χ1v) is 10.7. The number of nitrogens with one attached hydrogen (secondary N) is 3. The van der Waals surface area contributed by atoms with E-state index in [1.165, 1.54) is 4.90 Å². The molecular formula is C26H25N5O3. The van der Waals surface area contributed by atoms with Crippen LogP contribution in [0.2, 0.25) is 0 Å². The van der Waals surface area contributed by atoms with Crippen molar-refractivity contribution < 1.29 is 14.4 Å². The highest BCUT2D eigenvalue weighted by Crippen LogP contribution is 2.35. The number of nitrogen functional groups attached to an aromatic ring is 1. The highest BCUT2D eigenvalue weighted by molar-refractivity contribution is 6.32. The number of carbonyl (C=O) groups is 3. The van der Waals surface area contributed by atoms with Crippen molar-refractivity contribution in [1.29, 1.82) is 0 Å². The van der Waals surface area contributed by atoms with Gasteiger partial charge in [0, 0.05) is 47.9 Å². The predicted molar refractivity (Wildman–Crippen MR) is 135 cm³/mol. The van der Waals surface area contributed by atoms with Gasteiger partial charge in [-0.1, -0.05) is 12.1 Å². The first-order valence-electron chi connectivity index (χ1n) is 10.7. The van der Waals surface area contributed by atoms with Gasteiger partial charge in [-0.25, -0.2) is 0 Å². The molecule has 0 saturated carbocycles. The number of amides is 3. The molecule has 0 aromatic heterocycles. The van der Waals surface area contributed by atoms with Crippen LogP contribution in [0.3, 0.4) is 0 Å². The van der Waals surface area contributed by atoms with Crippen molar-refractivity contribution in [1.82, 2.24) is 4.90 Å². The van der Waals surface area contributed by atoms with Gasteiger partial charge in [0.25, 0.3) is 17.7 Å². The number of anilines is 4. The van der Waals surface area contributed by atoms with E-state index >= 15 is 0 Å². The summed E-state index contributed by atoms with van der Waals surface area (Å²) >= 11 is 0. The van der Waals surface area contributed by atoms with Crippen LogP contribution >= 0.6 is 0 Å². The van der Waals surface area contributed by atoms with Gasteiger partial charge in [0.1, 0.15) is 0 Å². The van der Waals surface area contributed by atoms with E-state index in [9.17, 15) is 14.4 Å². The van der Waals surface area contributed by atoms with Crippen molar-refractivity contribution in [3.63, 3.8) is 0 Å². The van der Waals surface area contributed by atoms with Gasteiger partial charge in [-0.05, 0) is 61.5 Å². The number of carbonyl (C=O) groups excluding carboxylic acids is 3. The normalized spacial score (nSPS) is 13.6. The second-order valence-corrected chi connectivity index (χ2v) is 8.16. The number of fused-ring (bicyclic) bond motifs is 1. The first kappa shape index (κ1) is 22.6. The van der Waals surface area contributed by atoms with E-state index in [4.69, 9.17) is 5.73 Å². The van der Waals surface area contributed by atoms with Crippen molar-refractivity contribution in [2.45, 2.75) is 6.92 Å². The van der Waals surface area contributed by atoms with Crippen LogP contribution in [0, 0.1) is 0 Å². The third-order valence-electron chi connectivity index (χ3n) is 5.48. The van der Waals surface area contributed by atoms with Crippen LogP contribution in [-0.2, 0) is 4.79 Å². The van der Waals surface area contributed by atoms with Gasteiger partial charge in [-0.2, -0.15) is 0 Å². The Bertz CT molecular complexity index is 1330. The van der Waals surface area contributed by atoms with E-state index < -0.39 is 0 Å². The number of para-hydroxylation sites is 2. The summed E-state index contributed by atoms with van der Waals surface area (Å²) in [6.45, 7) is 1.79. The summed E-state index contributed by atoms with van der Waals surface area (Å²) in [7, 11) is 3.36. The molecule has 1 heterocycles. The molecule has 0 atom stereocenters. The number of nitrogens with zero attached hydrogens (tertiary/aromatic N) is 1. The zero-order valence-corrected chi connectivity index (χ0v) is 19.1. The molecule has 8 heteroatoms. The van der Waals surface area contributed by atoms with Crippen LogP contribution in [0.15, 0.2) is 72.4 Å². The average molecular weight is 456 g/mol. The summed E-state index contributed by atoms with van der Waals surface area (Å²) in [5, 5.41) is 8.85. The third-order valence-corrected chi connectivity index (χ3v) is 5.48. The van der Waals surface area contributed by atoms with Gasteiger partial charge in [0.15, 0.2) is 0 Å². The fourth-order valence-corrected chi connectivity index (χ4v) is 3.72. The van der Waals surface area contributed by atoms with Crippen molar-refractivity contribution in [2.24, 2.45) is 0 Å². The van der Waals surface area contributed by atoms with Gasteiger partial charge >= 0.3 is 0 Å². The molecule has 4 rings (SSSR count). The SMILES string of the molecule is CC(Nc1ccc(C(=O)Nc2ccccc2N)cc1)=C1C(=O)Nc2ccc(C(=O)N(C)C)cc21. The number of allylic oxidation sites excluding steroid dienone is 1.